The van der Waals surface area contributed by atoms with Gasteiger partial charge in [0.1, 0.15) is 17.5 Å². The molecule has 0 heterocycles. The fraction of sp³-hybridized carbons (Fsp3) is 0.158. The van der Waals surface area contributed by atoms with Crippen molar-refractivity contribution in [3.05, 3.63) is 78.0 Å². The molecule has 2 aromatic rings. The second-order valence-corrected chi connectivity index (χ2v) is 5.86. The highest BCUT2D eigenvalue weighted by atomic mass is 19.1. The Balaban J connectivity index is 1.70. The molecular weight excluding hydrogens is 324 g/mol. The van der Waals surface area contributed by atoms with Crippen LogP contribution in [0.2, 0.25) is 0 Å². The van der Waals surface area contributed by atoms with E-state index in [1.807, 2.05) is 0 Å². The molecule has 0 saturated heterocycles. The molecule has 1 amide bonds. The summed E-state index contributed by atoms with van der Waals surface area (Å²) < 4.78 is 27.4. The predicted octanol–water partition coefficient (Wildman–Crippen LogP) is 3.51. The van der Waals surface area contributed by atoms with E-state index >= 15 is 0 Å². The molecule has 0 atom stereocenters. The lowest BCUT2D eigenvalue weighted by Gasteiger charge is -2.12. The molecule has 3 N–H and O–H groups in total. The Morgan fingerprint density at radius 1 is 1.08 bits per heavy atom. The van der Waals surface area contributed by atoms with Crippen LogP contribution in [0.3, 0.4) is 0 Å². The van der Waals surface area contributed by atoms with E-state index in [-0.39, 0.29) is 11.5 Å². The molecule has 1 aliphatic carbocycles. The number of benzene rings is 2. The zero-order chi connectivity index (χ0) is 17.9. The molecule has 0 spiro atoms. The molecule has 1 fully saturated rings. The topological polar surface area (TPSA) is 67.5 Å². The van der Waals surface area contributed by atoms with E-state index in [2.05, 4.69) is 10.3 Å². The summed E-state index contributed by atoms with van der Waals surface area (Å²) in [4.78, 5) is 16.3. The third-order valence-electron chi connectivity index (χ3n) is 4.15. The van der Waals surface area contributed by atoms with E-state index in [9.17, 15) is 13.6 Å². The smallest absolute Gasteiger partial charge is 0.258 e. The van der Waals surface area contributed by atoms with Crippen molar-refractivity contribution in [3.8, 4) is 0 Å². The molecule has 1 aliphatic rings. The molecule has 6 heteroatoms. The molecule has 1 saturated carbocycles. The number of carbonyl (C=O) groups is 1. The van der Waals surface area contributed by atoms with Gasteiger partial charge >= 0.3 is 0 Å². The largest absolute Gasteiger partial charge is 0.384 e. The number of amides is 1. The lowest BCUT2D eigenvalue weighted by atomic mass is 9.94. The number of aliphatic imine (C=N–C) groups is 1. The summed E-state index contributed by atoms with van der Waals surface area (Å²) in [5, 5.41) is 2.72. The minimum atomic E-state index is -0.914. The van der Waals surface area contributed by atoms with E-state index in [0.29, 0.717) is 18.4 Å². The highest BCUT2D eigenvalue weighted by Crippen LogP contribution is 2.50. The fourth-order valence-electron chi connectivity index (χ4n) is 2.63. The van der Waals surface area contributed by atoms with Crippen molar-refractivity contribution in [1.29, 1.82) is 0 Å². The van der Waals surface area contributed by atoms with Gasteiger partial charge in [0.05, 0.1) is 11.1 Å². The Labute approximate surface area is 144 Å². The summed E-state index contributed by atoms with van der Waals surface area (Å²) in [5.74, 6) is -1.32. The Morgan fingerprint density at radius 2 is 1.72 bits per heavy atom. The molecule has 0 radical (unpaired) electrons. The molecule has 0 bridgehead atoms. The monoisotopic (exact) mass is 341 g/mol. The molecule has 0 aromatic heterocycles. The summed E-state index contributed by atoms with van der Waals surface area (Å²) in [6.07, 6.45) is 3.84. The Bertz CT molecular complexity index is 857. The van der Waals surface area contributed by atoms with Crippen LogP contribution in [0.4, 0.5) is 14.5 Å². The van der Waals surface area contributed by atoms with E-state index in [1.165, 1.54) is 24.4 Å². The average Bonchev–Trinajstić information content (AvgIpc) is 3.39. The van der Waals surface area contributed by atoms with Gasteiger partial charge in [-0.05, 0) is 37.1 Å². The first kappa shape index (κ1) is 16.8. The van der Waals surface area contributed by atoms with Crippen LogP contribution in [0.25, 0.3) is 0 Å². The first-order valence-corrected chi connectivity index (χ1v) is 7.84. The highest BCUT2D eigenvalue weighted by Gasteiger charge is 2.52. The van der Waals surface area contributed by atoms with Crippen molar-refractivity contribution in [2.75, 3.05) is 5.32 Å². The third-order valence-corrected chi connectivity index (χ3v) is 4.15. The third kappa shape index (κ3) is 3.57. The van der Waals surface area contributed by atoms with Gasteiger partial charge in [0.2, 0.25) is 0 Å². The number of para-hydroxylation sites is 1. The van der Waals surface area contributed by atoms with Gasteiger partial charge in [-0.1, -0.05) is 30.3 Å². The highest BCUT2D eigenvalue weighted by molar-refractivity contribution is 6.04. The number of carbonyl (C=O) groups excluding carboxylic acids is 1. The van der Waals surface area contributed by atoms with Crippen LogP contribution in [-0.2, 0) is 10.2 Å². The van der Waals surface area contributed by atoms with Gasteiger partial charge in [-0.25, -0.2) is 8.78 Å². The minimum absolute atomic E-state index is 0.0311. The summed E-state index contributed by atoms with van der Waals surface area (Å²) >= 11 is 0. The van der Waals surface area contributed by atoms with E-state index in [1.54, 1.807) is 36.4 Å². The summed E-state index contributed by atoms with van der Waals surface area (Å²) in [5.41, 5.74) is 5.45. The van der Waals surface area contributed by atoms with Crippen LogP contribution in [0.1, 0.15) is 18.4 Å². The van der Waals surface area contributed by atoms with Gasteiger partial charge in [0.15, 0.2) is 0 Å². The SMILES string of the molecule is NC(/C=C\Nc1ccccc1F)=NC(=O)C1(c2ccccc2F)CC1. The molecule has 0 aliphatic heterocycles. The molecular formula is C19H17F2N3O. The Morgan fingerprint density at radius 3 is 2.36 bits per heavy atom. The number of hydrogen-bond acceptors (Lipinski definition) is 2. The zero-order valence-corrected chi connectivity index (χ0v) is 13.4. The van der Waals surface area contributed by atoms with Gasteiger partial charge in [-0.3, -0.25) is 4.79 Å². The zero-order valence-electron chi connectivity index (χ0n) is 13.4. The number of nitrogens with two attached hydrogens (primary N) is 1. The number of rotatable bonds is 5. The van der Waals surface area contributed by atoms with Crippen molar-refractivity contribution in [3.63, 3.8) is 0 Å². The van der Waals surface area contributed by atoms with E-state index in [4.69, 9.17) is 5.73 Å². The summed E-state index contributed by atoms with van der Waals surface area (Å²) in [6, 6.07) is 12.3. The maximum Gasteiger partial charge on any atom is 0.258 e. The van der Waals surface area contributed by atoms with Crippen LogP contribution in [-0.4, -0.2) is 11.7 Å². The van der Waals surface area contributed by atoms with Gasteiger partial charge < -0.3 is 11.1 Å². The number of anilines is 1. The van der Waals surface area contributed by atoms with Crippen molar-refractivity contribution in [1.82, 2.24) is 0 Å². The number of amidine groups is 1. The van der Waals surface area contributed by atoms with E-state index < -0.39 is 23.0 Å². The van der Waals surface area contributed by atoms with Gasteiger partial charge in [0, 0.05) is 11.8 Å². The quantitative estimate of drug-likeness (QED) is 0.646. The second kappa shape index (κ2) is 6.84. The van der Waals surface area contributed by atoms with Crippen LogP contribution >= 0.6 is 0 Å². The van der Waals surface area contributed by atoms with Crippen molar-refractivity contribution < 1.29 is 13.6 Å². The first-order valence-electron chi connectivity index (χ1n) is 7.84. The Hall–Kier alpha value is -3.02. The lowest BCUT2D eigenvalue weighted by molar-refractivity contribution is -0.120. The number of nitrogens with one attached hydrogen (secondary N) is 1. The molecule has 3 rings (SSSR count). The maximum atomic E-state index is 14.0. The fourth-order valence-corrected chi connectivity index (χ4v) is 2.63. The van der Waals surface area contributed by atoms with Crippen LogP contribution < -0.4 is 11.1 Å². The number of hydrogen-bond donors (Lipinski definition) is 2. The molecule has 4 nitrogen and oxygen atoms in total. The molecule has 0 unspecified atom stereocenters. The second-order valence-electron chi connectivity index (χ2n) is 5.86. The Kier molecular flexibility index (Phi) is 4.61. The van der Waals surface area contributed by atoms with Crippen LogP contribution in [0.5, 0.6) is 0 Å². The number of nitrogens with zero attached hydrogens (tertiary/aromatic N) is 1. The van der Waals surface area contributed by atoms with Crippen LogP contribution in [0.15, 0.2) is 65.8 Å². The summed E-state index contributed by atoms with van der Waals surface area (Å²) in [7, 11) is 0. The van der Waals surface area contributed by atoms with Crippen molar-refractivity contribution >= 4 is 17.4 Å². The van der Waals surface area contributed by atoms with Crippen molar-refractivity contribution in [2.24, 2.45) is 10.7 Å². The first-order chi connectivity index (χ1) is 12.0. The average molecular weight is 341 g/mol. The van der Waals surface area contributed by atoms with Crippen LogP contribution in [0, 0.1) is 11.6 Å². The van der Waals surface area contributed by atoms with Gasteiger partial charge in [-0.15, -0.1) is 0 Å². The number of halogens is 2. The molecule has 2 aromatic carbocycles. The summed E-state index contributed by atoms with van der Waals surface area (Å²) in [6.45, 7) is 0. The standard InChI is InChI=1S/C19H17F2N3O/c20-14-6-2-1-5-13(14)19(10-11-19)18(25)24-17(22)9-12-23-16-8-4-3-7-15(16)21/h1-9,12,23H,10-11H2,(H2,22,24,25)/b12-9-. The molecule has 25 heavy (non-hydrogen) atoms. The molecule has 128 valence electrons. The minimum Gasteiger partial charge on any atom is -0.384 e. The van der Waals surface area contributed by atoms with E-state index in [0.717, 1.165) is 0 Å². The predicted molar refractivity (Wildman–Crippen MR) is 93.1 cm³/mol. The van der Waals surface area contributed by atoms with Gasteiger partial charge in [-0.2, -0.15) is 4.99 Å². The normalized spacial score (nSPS) is 16.0. The van der Waals surface area contributed by atoms with Crippen molar-refractivity contribution in [2.45, 2.75) is 18.3 Å². The lowest BCUT2D eigenvalue weighted by Crippen LogP contribution is -2.23. The van der Waals surface area contributed by atoms with Gasteiger partial charge in [0.25, 0.3) is 5.91 Å². The maximum absolute atomic E-state index is 14.0.